The van der Waals surface area contributed by atoms with Gasteiger partial charge in [-0.15, -0.1) is 0 Å². The second-order valence-corrected chi connectivity index (χ2v) is 2.09. The lowest BCUT2D eigenvalue weighted by Gasteiger charge is -2.03. The van der Waals surface area contributed by atoms with Crippen molar-refractivity contribution in [3.8, 4) is 0 Å². The lowest BCUT2D eigenvalue weighted by Crippen LogP contribution is -2.04. The molecule has 0 heterocycles. The second kappa shape index (κ2) is 3.20. The molecule has 54 valence electrons. The van der Waals surface area contributed by atoms with Crippen molar-refractivity contribution in [2.24, 2.45) is 0 Å². The summed E-state index contributed by atoms with van der Waals surface area (Å²) in [6.45, 7) is 2.47. The molecule has 0 aliphatic heterocycles. The van der Waals surface area contributed by atoms with Gasteiger partial charge < -0.3 is 4.74 Å². The van der Waals surface area contributed by atoms with Crippen molar-refractivity contribution in [3.05, 3.63) is 23.8 Å². The zero-order valence-corrected chi connectivity index (χ0v) is 6.05. The molecule has 1 N–H and O–H groups in total. The van der Waals surface area contributed by atoms with Crippen LogP contribution in [0.25, 0.3) is 0 Å². The monoisotopic (exact) mass is 137 g/mol. The molecular weight excluding hydrogens is 126 g/mol. The standard InChI is InChI=1S/C8H11NO/c1-2-10-8(9)7-5-3-4-6-7/h3-5,9H,2,6H2,1H3. The molecular formula is C8H11NO. The minimum absolute atomic E-state index is 0.313. The molecule has 2 heteroatoms. The van der Waals surface area contributed by atoms with E-state index in [-0.39, 0.29) is 0 Å². The molecule has 0 saturated heterocycles. The van der Waals surface area contributed by atoms with E-state index >= 15 is 0 Å². The van der Waals surface area contributed by atoms with Gasteiger partial charge in [0, 0.05) is 5.57 Å². The summed E-state index contributed by atoms with van der Waals surface area (Å²) >= 11 is 0. The quantitative estimate of drug-likeness (QED) is 0.457. The molecule has 0 saturated carbocycles. The molecule has 0 amide bonds. The third kappa shape index (κ3) is 1.47. The van der Waals surface area contributed by atoms with Crippen LogP contribution in [0.2, 0.25) is 0 Å². The van der Waals surface area contributed by atoms with Crippen LogP contribution in [0.4, 0.5) is 0 Å². The molecule has 1 rings (SSSR count). The molecule has 0 fully saturated rings. The van der Waals surface area contributed by atoms with Gasteiger partial charge in [-0.05, 0) is 13.3 Å². The third-order valence-corrected chi connectivity index (χ3v) is 1.35. The molecule has 0 atom stereocenters. The maximum atomic E-state index is 7.36. The smallest absolute Gasteiger partial charge is 0.209 e. The van der Waals surface area contributed by atoms with Crippen LogP contribution in [0.1, 0.15) is 13.3 Å². The first-order valence-corrected chi connectivity index (χ1v) is 3.42. The fourth-order valence-electron chi connectivity index (χ4n) is 0.853. The largest absolute Gasteiger partial charge is 0.478 e. The highest BCUT2D eigenvalue weighted by molar-refractivity contribution is 5.92. The van der Waals surface area contributed by atoms with Crippen LogP contribution in [0.15, 0.2) is 23.8 Å². The van der Waals surface area contributed by atoms with Crippen molar-refractivity contribution in [1.82, 2.24) is 0 Å². The maximum absolute atomic E-state index is 7.36. The van der Waals surface area contributed by atoms with E-state index in [1.54, 1.807) is 0 Å². The first-order valence-electron chi connectivity index (χ1n) is 3.42. The van der Waals surface area contributed by atoms with Gasteiger partial charge in [-0.25, -0.2) is 0 Å². The molecule has 1 aliphatic rings. The summed E-state index contributed by atoms with van der Waals surface area (Å²) in [6.07, 6.45) is 6.72. The van der Waals surface area contributed by atoms with Crippen LogP contribution in [0.5, 0.6) is 0 Å². The van der Waals surface area contributed by atoms with Crippen LogP contribution in [-0.4, -0.2) is 12.5 Å². The van der Waals surface area contributed by atoms with Crippen LogP contribution < -0.4 is 0 Å². The highest BCUT2D eigenvalue weighted by Crippen LogP contribution is 2.11. The molecule has 0 aromatic heterocycles. The first-order chi connectivity index (χ1) is 4.84. The van der Waals surface area contributed by atoms with Crippen molar-refractivity contribution < 1.29 is 4.74 Å². The number of nitrogens with one attached hydrogen (secondary N) is 1. The lowest BCUT2D eigenvalue weighted by molar-refractivity contribution is 0.324. The van der Waals surface area contributed by atoms with Gasteiger partial charge in [0.2, 0.25) is 5.90 Å². The number of hydrogen-bond donors (Lipinski definition) is 1. The average molecular weight is 137 g/mol. The predicted molar refractivity (Wildman–Crippen MR) is 41.2 cm³/mol. The molecule has 10 heavy (non-hydrogen) atoms. The summed E-state index contributed by atoms with van der Waals surface area (Å²) in [6, 6.07) is 0. The highest BCUT2D eigenvalue weighted by Gasteiger charge is 2.05. The Morgan fingerprint density at radius 2 is 2.60 bits per heavy atom. The number of ether oxygens (including phenoxy) is 1. The van der Waals surface area contributed by atoms with Crippen LogP contribution >= 0.6 is 0 Å². The van der Waals surface area contributed by atoms with Crippen molar-refractivity contribution in [2.45, 2.75) is 13.3 Å². The van der Waals surface area contributed by atoms with E-state index in [2.05, 4.69) is 0 Å². The molecule has 0 bridgehead atoms. The van der Waals surface area contributed by atoms with Crippen molar-refractivity contribution in [2.75, 3.05) is 6.61 Å². The summed E-state index contributed by atoms with van der Waals surface area (Å²) < 4.78 is 5.00. The third-order valence-electron chi connectivity index (χ3n) is 1.35. The van der Waals surface area contributed by atoms with E-state index in [1.807, 2.05) is 25.2 Å². The van der Waals surface area contributed by atoms with Gasteiger partial charge in [-0.3, -0.25) is 5.41 Å². The molecule has 2 nitrogen and oxygen atoms in total. The van der Waals surface area contributed by atoms with Crippen LogP contribution in [0.3, 0.4) is 0 Å². The predicted octanol–water partition coefficient (Wildman–Crippen LogP) is 1.89. The van der Waals surface area contributed by atoms with E-state index in [0.29, 0.717) is 12.5 Å². The molecule has 1 aliphatic carbocycles. The second-order valence-electron chi connectivity index (χ2n) is 2.09. The number of rotatable bonds is 2. The van der Waals surface area contributed by atoms with Crippen molar-refractivity contribution in [3.63, 3.8) is 0 Å². The molecule has 0 unspecified atom stereocenters. The zero-order chi connectivity index (χ0) is 7.40. The SMILES string of the molecule is CCOC(=N)C1=CC=CC1. The Bertz CT molecular complexity index is 191. The van der Waals surface area contributed by atoms with Gasteiger partial charge in [0.15, 0.2) is 0 Å². The Kier molecular flexibility index (Phi) is 2.26. The Hall–Kier alpha value is -1.05. The van der Waals surface area contributed by atoms with Crippen molar-refractivity contribution >= 4 is 5.90 Å². The maximum Gasteiger partial charge on any atom is 0.209 e. The molecule has 0 aromatic carbocycles. The Morgan fingerprint density at radius 3 is 3.10 bits per heavy atom. The fraction of sp³-hybridized carbons (Fsp3) is 0.375. The van der Waals surface area contributed by atoms with E-state index in [1.165, 1.54) is 0 Å². The van der Waals surface area contributed by atoms with E-state index in [4.69, 9.17) is 10.1 Å². The van der Waals surface area contributed by atoms with Crippen LogP contribution in [0, 0.1) is 5.41 Å². The van der Waals surface area contributed by atoms with Gasteiger partial charge in [0.1, 0.15) is 0 Å². The summed E-state index contributed by atoms with van der Waals surface area (Å²) in [5.74, 6) is 0.313. The van der Waals surface area contributed by atoms with Gasteiger partial charge in [-0.2, -0.15) is 0 Å². The van der Waals surface area contributed by atoms with Gasteiger partial charge in [0.25, 0.3) is 0 Å². The van der Waals surface area contributed by atoms with E-state index < -0.39 is 0 Å². The van der Waals surface area contributed by atoms with E-state index in [9.17, 15) is 0 Å². The first kappa shape index (κ1) is 7.06. The summed E-state index contributed by atoms with van der Waals surface area (Å²) in [5, 5.41) is 7.36. The summed E-state index contributed by atoms with van der Waals surface area (Å²) in [5.41, 5.74) is 0.974. The minimum Gasteiger partial charge on any atom is -0.478 e. The zero-order valence-electron chi connectivity index (χ0n) is 6.05. The van der Waals surface area contributed by atoms with E-state index in [0.717, 1.165) is 12.0 Å². The van der Waals surface area contributed by atoms with Gasteiger partial charge >= 0.3 is 0 Å². The van der Waals surface area contributed by atoms with Gasteiger partial charge in [0.05, 0.1) is 6.61 Å². The summed E-state index contributed by atoms with van der Waals surface area (Å²) in [7, 11) is 0. The Morgan fingerprint density at radius 1 is 1.80 bits per heavy atom. The normalized spacial score (nSPS) is 15.1. The number of hydrogen-bond acceptors (Lipinski definition) is 2. The summed E-state index contributed by atoms with van der Waals surface area (Å²) in [4.78, 5) is 0. The fourth-order valence-corrected chi connectivity index (χ4v) is 0.853. The van der Waals surface area contributed by atoms with Gasteiger partial charge in [-0.1, -0.05) is 18.2 Å². The number of allylic oxidation sites excluding steroid dienone is 3. The Labute approximate surface area is 60.7 Å². The molecule has 0 aromatic rings. The average Bonchev–Trinajstić information content (AvgIpc) is 2.38. The molecule has 0 radical (unpaired) electrons. The lowest BCUT2D eigenvalue weighted by atomic mass is 10.2. The topological polar surface area (TPSA) is 33.1 Å². The van der Waals surface area contributed by atoms with Crippen molar-refractivity contribution in [1.29, 1.82) is 5.41 Å². The van der Waals surface area contributed by atoms with Crippen LogP contribution in [-0.2, 0) is 4.74 Å². The highest BCUT2D eigenvalue weighted by atomic mass is 16.5. The minimum atomic E-state index is 0.313. The molecule has 0 spiro atoms. The Balaban J connectivity index is 2.43.